The number of aliphatic carboxylic acids is 2. The largest absolute Gasteiger partial charge is 0.548 e. The first-order valence-corrected chi connectivity index (χ1v) is 9.02. The minimum atomic E-state index is -1.47. The molecule has 10 nitrogen and oxygen atoms in total. The maximum absolute atomic E-state index is 12.1. The summed E-state index contributed by atoms with van der Waals surface area (Å²) >= 11 is 1.33. The quantitative estimate of drug-likeness (QED) is 0.241. The Hall–Kier alpha value is -1.85. The van der Waals surface area contributed by atoms with Crippen molar-refractivity contribution in [1.82, 2.24) is 10.6 Å². The fourth-order valence-corrected chi connectivity index (χ4v) is 2.89. The molecule has 0 aliphatic carbocycles. The number of carboxylic acid groups (broad SMARTS) is 2. The highest BCUT2D eigenvalue weighted by atomic mass is 32.2. The van der Waals surface area contributed by atoms with Gasteiger partial charge in [0.25, 0.3) is 0 Å². The zero-order valence-corrected chi connectivity index (χ0v) is 15.7. The molecule has 0 unspecified atom stereocenters. The van der Waals surface area contributed by atoms with E-state index < -0.39 is 42.4 Å². The van der Waals surface area contributed by atoms with Crippen LogP contribution in [0.15, 0.2) is 0 Å². The van der Waals surface area contributed by atoms with Crippen LogP contribution in [-0.4, -0.2) is 64.6 Å². The molecule has 0 aromatic carbocycles. The Kier molecular flexibility index (Phi) is 10.9. The number of aliphatic hydroxyl groups excluding tert-OH is 1. The van der Waals surface area contributed by atoms with E-state index in [0.717, 1.165) is 0 Å². The third-order valence-corrected chi connectivity index (χ3v) is 4.95. The Balaban J connectivity index is 4.80. The fraction of sp³-hybridized carbons (Fsp3) is 0.733. The Morgan fingerprint density at radius 2 is 1.85 bits per heavy atom. The SMILES string of the molecule is CC(C)(CCO)SC[C@H](NC(=O)CC[C@H]([NH3+])C(=O)[O-])C(=O)NCC(=O)[O-]. The van der Waals surface area contributed by atoms with Crippen LogP contribution in [0.4, 0.5) is 0 Å². The van der Waals surface area contributed by atoms with Gasteiger partial charge < -0.3 is 41.3 Å². The van der Waals surface area contributed by atoms with Crippen LogP contribution in [0.5, 0.6) is 0 Å². The molecule has 0 radical (unpaired) electrons. The van der Waals surface area contributed by atoms with Crippen LogP contribution in [-0.2, 0) is 19.2 Å². The van der Waals surface area contributed by atoms with E-state index in [2.05, 4.69) is 16.4 Å². The van der Waals surface area contributed by atoms with Gasteiger partial charge in [-0.1, -0.05) is 13.8 Å². The van der Waals surface area contributed by atoms with Crippen molar-refractivity contribution in [3.05, 3.63) is 0 Å². The highest BCUT2D eigenvalue weighted by Crippen LogP contribution is 2.28. The van der Waals surface area contributed by atoms with Gasteiger partial charge in [-0.25, -0.2) is 0 Å². The van der Waals surface area contributed by atoms with Crippen molar-refractivity contribution in [1.29, 1.82) is 0 Å². The number of quaternary nitrogens is 1. The molecule has 0 heterocycles. The van der Waals surface area contributed by atoms with Gasteiger partial charge in [-0.2, -0.15) is 11.8 Å². The number of nitrogens with one attached hydrogen (secondary N) is 2. The number of aliphatic hydroxyl groups is 1. The van der Waals surface area contributed by atoms with Crippen LogP contribution in [0.1, 0.15) is 33.1 Å². The van der Waals surface area contributed by atoms with Gasteiger partial charge in [-0.3, -0.25) is 9.59 Å². The molecule has 6 N–H and O–H groups in total. The number of rotatable bonds is 13. The molecule has 0 bridgehead atoms. The van der Waals surface area contributed by atoms with Gasteiger partial charge in [-0.15, -0.1) is 0 Å². The predicted octanol–water partition coefficient (Wildman–Crippen LogP) is -4.63. The lowest BCUT2D eigenvalue weighted by Crippen LogP contribution is -2.68. The van der Waals surface area contributed by atoms with Crippen molar-refractivity contribution in [3.63, 3.8) is 0 Å². The second-order valence-corrected chi connectivity index (χ2v) is 8.04. The summed E-state index contributed by atoms with van der Waals surface area (Å²) in [5.41, 5.74) is 3.34. The van der Waals surface area contributed by atoms with Crippen molar-refractivity contribution < 1.29 is 40.2 Å². The Bertz CT molecular complexity index is 513. The molecule has 2 amide bonds. The topological polar surface area (TPSA) is 186 Å². The van der Waals surface area contributed by atoms with Gasteiger partial charge in [0.15, 0.2) is 0 Å². The Morgan fingerprint density at radius 1 is 1.23 bits per heavy atom. The van der Waals surface area contributed by atoms with E-state index in [9.17, 15) is 29.4 Å². The molecule has 0 aromatic heterocycles. The van der Waals surface area contributed by atoms with Crippen molar-refractivity contribution in [2.75, 3.05) is 18.9 Å². The molecule has 0 aromatic rings. The van der Waals surface area contributed by atoms with Gasteiger partial charge in [0.1, 0.15) is 12.1 Å². The monoisotopic (exact) mass is 392 g/mol. The molecule has 150 valence electrons. The summed E-state index contributed by atoms with van der Waals surface area (Å²) in [6.45, 7) is 2.99. The number of carbonyl (C=O) groups is 4. The molecule has 0 aliphatic rings. The van der Waals surface area contributed by atoms with Crippen LogP contribution >= 0.6 is 11.8 Å². The van der Waals surface area contributed by atoms with Gasteiger partial charge >= 0.3 is 0 Å². The summed E-state index contributed by atoms with van der Waals surface area (Å²) in [4.78, 5) is 45.2. The zero-order valence-electron chi connectivity index (χ0n) is 14.9. The number of hydrogen-bond donors (Lipinski definition) is 4. The molecule has 0 fully saturated rings. The van der Waals surface area contributed by atoms with Crippen LogP contribution in [0.3, 0.4) is 0 Å². The first-order valence-electron chi connectivity index (χ1n) is 8.04. The second kappa shape index (κ2) is 11.7. The minimum absolute atomic E-state index is 0.0397. The van der Waals surface area contributed by atoms with Gasteiger partial charge in [0.05, 0.1) is 18.5 Å². The lowest BCUT2D eigenvalue weighted by atomic mass is 10.1. The predicted molar refractivity (Wildman–Crippen MR) is 89.1 cm³/mol. The van der Waals surface area contributed by atoms with Crippen molar-refractivity contribution in [3.8, 4) is 0 Å². The lowest BCUT2D eigenvalue weighted by Gasteiger charge is -2.26. The maximum atomic E-state index is 12.1. The number of amides is 2. The molecule has 0 aliphatic heterocycles. The summed E-state index contributed by atoms with van der Waals surface area (Å²) in [6.07, 6.45) is 0.246. The first kappa shape index (κ1) is 24.1. The van der Waals surface area contributed by atoms with Crippen LogP contribution < -0.4 is 26.6 Å². The normalized spacial score (nSPS) is 13.5. The van der Waals surface area contributed by atoms with Crippen molar-refractivity contribution in [2.24, 2.45) is 0 Å². The molecule has 2 atom stereocenters. The lowest BCUT2D eigenvalue weighted by molar-refractivity contribution is -0.438. The molecular weight excluding hydrogens is 366 g/mol. The Labute approximate surface area is 155 Å². The van der Waals surface area contributed by atoms with E-state index in [4.69, 9.17) is 5.11 Å². The minimum Gasteiger partial charge on any atom is -0.548 e. The molecular formula is C15H26N3O7S-. The van der Waals surface area contributed by atoms with Gasteiger partial charge in [0, 0.05) is 29.9 Å². The zero-order chi connectivity index (χ0) is 20.3. The summed E-state index contributed by atoms with van der Waals surface area (Å²) in [5, 5.41) is 34.7. The van der Waals surface area contributed by atoms with Crippen LogP contribution in [0.2, 0.25) is 0 Å². The number of thioether (sulfide) groups is 1. The highest BCUT2D eigenvalue weighted by molar-refractivity contribution is 8.00. The van der Waals surface area contributed by atoms with Crippen molar-refractivity contribution in [2.45, 2.75) is 49.9 Å². The average Bonchev–Trinajstić information content (AvgIpc) is 2.53. The summed E-state index contributed by atoms with van der Waals surface area (Å²) in [5.74, 6) is -3.95. The second-order valence-electron chi connectivity index (χ2n) is 6.31. The van der Waals surface area contributed by atoms with Gasteiger partial charge in [0.2, 0.25) is 11.8 Å². The maximum Gasteiger partial charge on any atom is 0.243 e. The van der Waals surface area contributed by atoms with E-state index in [1.165, 1.54) is 11.8 Å². The van der Waals surface area contributed by atoms with E-state index >= 15 is 0 Å². The average molecular weight is 392 g/mol. The Morgan fingerprint density at radius 3 is 2.35 bits per heavy atom. The van der Waals surface area contributed by atoms with Gasteiger partial charge in [-0.05, 0) is 6.42 Å². The molecule has 0 saturated carbocycles. The summed E-state index contributed by atoms with van der Waals surface area (Å²) in [7, 11) is 0. The third kappa shape index (κ3) is 10.9. The first-order chi connectivity index (χ1) is 12.0. The number of carbonyl (C=O) groups excluding carboxylic acids is 4. The van der Waals surface area contributed by atoms with E-state index in [1.54, 1.807) is 0 Å². The van der Waals surface area contributed by atoms with Crippen LogP contribution in [0, 0.1) is 0 Å². The van der Waals surface area contributed by atoms with Crippen LogP contribution in [0.25, 0.3) is 0 Å². The molecule has 26 heavy (non-hydrogen) atoms. The molecule has 0 saturated heterocycles. The third-order valence-electron chi connectivity index (χ3n) is 3.47. The summed E-state index contributed by atoms with van der Waals surface area (Å²) < 4.78 is -0.361. The highest BCUT2D eigenvalue weighted by Gasteiger charge is 2.26. The van der Waals surface area contributed by atoms with Crippen molar-refractivity contribution >= 4 is 35.5 Å². The smallest absolute Gasteiger partial charge is 0.243 e. The number of hydrogen-bond acceptors (Lipinski definition) is 8. The molecule has 0 spiro atoms. The van der Waals surface area contributed by atoms with E-state index in [0.29, 0.717) is 6.42 Å². The molecule has 0 rings (SSSR count). The standard InChI is InChI=1S/C15H27N3O7S/c1-15(2,5-6-19)26-8-10(13(23)17-7-12(21)22)18-11(20)4-3-9(16)14(24)25/h9-10,19H,3-8,16H2,1-2H3,(H,17,23)(H,18,20)(H,21,22)(H,24,25)/p-1/t9-,10-/m0/s1. The fourth-order valence-electron chi connectivity index (χ4n) is 1.81. The van der Waals surface area contributed by atoms with E-state index in [1.807, 2.05) is 13.8 Å². The number of carboxylic acids is 2. The van der Waals surface area contributed by atoms with E-state index in [-0.39, 0.29) is 29.9 Å². The molecule has 11 heteroatoms. The summed E-state index contributed by atoms with van der Waals surface area (Å²) in [6, 6.07) is -2.07.